The maximum atomic E-state index is 13.0. The van der Waals surface area contributed by atoms with Gasteiger partial charge in [0, 0.05) is 33.1 Å². The van der Waals surface area contributed by atoms with Crippen molar-refractivity contribution in [2.24, 2.45) is 11.8 Å². The molecule has 1 aliphatic rings. The SMILES string of the molecule is CC(=O)NCCNC(=O)c1cc(S(=O)(=O)N2C[C@@H](C)C[C@H](C)C2)ccc1Cl. The number of hydrogen-bond donors (Lipinski definition) is 2. The second kappa shape index (κ2) is 9.03. The lowest BCUT2D eigenvalue weighted by Gasteiger charge is -2.34. The van der Waals surface area contributed by atoms with Gasteiger partial charge in [0.25, 0.3) is 5.91 Å². The van der Waals surface area contributed by atoms with Crippen molar-refractivity contribution in [2.75, 3.05) is 26.2 Å². The molecule has 1 fully saturated rings. The van der Waals surface area contributed by atoms with Crippen molar-refractivity contribution in [3.05, 3.63) is 28.8 Å². The zero-order valence-corrected chi connectivity index (χ0v) is 17.4. The molecule has 0 aromatic heterocycles. The zero-order chi connectivity index (χ0) is 20.2. The minimum atomic E-state index is -3.70. The van der Waals surface area contributed by atoms with Crippen LogP contribution >= 0.6 is 11.6 Å². The number of benzene rings is 1. The molecule has 0 aliphatic carbocycles. The van der Waals surface area contributed by atoms with Gasteiger partial charge in [-0.3, -0.25) is 9.59 Å². The van der Waals surface area contributed by atoms with Crippen molar-refractivity contribution in [1.82, 2.24) is 14.9 Å². The minimum absolute atomic E-state index is 0.0558. The standard InChI is InChI=1S/C18H26ClN3O4S/c1-12-8-13(2)11-22(10-12)27(25,26)15-4-5-17(19)16(9-15)18(24)21-7-6-20-14(3)23/h4-5,9,12-13H,6-8,10-11H2,1-3H3,(H,20,23)(H,21,24)/t12-,13-/m0/s1. The van der Waals surface area contributed by atoms with Gasteiger partial charge < -0.3 is 10.6 Å². The molecule has 0 spiro atoms. The van der Waals surface area contributed by atoms with Crippen LogP contribution in [0.1, 0.15) is 37.6 Å². The molecule has 0 bridgehead atoms. The van der Waals surface area contributed by atoms with Gasteiger partial charge in [0.05, 0.1) is 15.5 Å². The molecule has 1 heterocycles. The molecule has 150 valence electrons. The van der Waals surface area contributed by atoms with Gasteiger partial charge in [-0.2, -0.15) is 4.31 Å². The highest BCUT2D eigenvalue weighted by Gasteiger charge is 2.32. The minimum Gasteiger partial charge on any atom is -0.355 e. The predicted molar refractivity (Wildman–Crippen MR) is 104 cm³/mol. The van der Waals surface area contributed by atoms with Crippen LogP contribution in [0.3, 0.4) is 0 Å². The van der Waals surface area contributed by atoms with Crippen molar-refractivity contribution in [3.8, 4) is 0 Å². The summed E-state index contributed by atoms with van der Waals surface area (Å²) in [6.45, 7) is 6.88. The number of amides is 2. The Balaban J connectivity index is 2.18. The summed E-state index contributed by atoms with van der Waals surface area (Å²) in [5.74, 6) is -0.108. The molecule has 0 saturated carbocycles. The molecule has 1 aromatic rings. The van der Waals surface area contributed by atoms with E-state index in [0.717, 1.165) is 6.42 Å². The number of sulfonamides is 1. The largest absolute Gasteiger partial charge is 0.355 e. The van der Waals surface area contributed by atoms with Crippen molar-refractivity contribution in [3.63, 3.8) is 0 Å². The second-order valence-corrected chi connectivity index (χ2v) is 9.49. The summed E-state index contributed by atoms with van der Waals surface area (Å²) in [5, 5.41) is 5.36. The number of carbonyl (C=O) groups excluding carboxylic acids is 2. The molecule has 0 radical (unpaired) electrons. The Morgan fingerprint density at radius 1 is 1.15 bits per heavy atom. The third-order valence-electron chi connectivity index (χ3n) is 4.44. The summed E-state index contributed by atoms with van der Waals surface area (Å²) in [6.07, 6.45) is 0.995. The molecule has 2 atom stereocenters. The van der Waals surface area contributed by atoms with E-state index >= 15 is 0 Å². The van der Waals surface area contributed by atoms with Crippen LogP contribution in [-0.2, 0) is 14.8 Å². The summed E-state index contributed by atoms with van der Waals surface area (Å²) in [5.41, 5.74) is 0.0960. The number of rotatable bonds is 6. The first-order valence-corrected chi connectivity index (χ1v) is 10.8. The van der Waals surface area contributed by atoms with E-state index in [4.69, 9.17) is 11.6 Å². The topological polar surface area (TPSA) is 95.6 Å². The maximum absolute atomic E-state index is 13.0. The van der Waals surface area contributed by atoms with E-state index in [2.05, 4.69) is 10.6 Å². The molecular formula is C18H26ClN3O4S. The van der Waals surface area contributed by atoms with Crippen LogP contribution in [0.4, 0.5) is 0 Å². The molecule has 2 rings (SSSR count). The van der Waals surface area contributed by atoms with Gasteiger partial charge in [0.1, 0.15) is 0 Å². The number of nitrogens with one attached hydrogen (secondary N) is 2. The molecule has 2 N–H and O–H groups in total. The van der Waals surface area contributed by atoms with Crippen LogP contribution < -0.4 is 10.6 Å². The number of nitrogens with zero attached hydrogens (tertiary/aromatic N) is 1. The van der Waals surface area contributed by atoms with E-state index in [1.54, 1.807) is 0 Å². The molecule has 1 aromatic carbocycles. The molecule has 0 unspecified atom stereocenters. The Kier molecular flexibility index (Phi) is 7.25. The lowest BCUT2D eigenvalue weighted by atomic mass is 9.94. The van der Waals surface area contributed by atoms with Gasteiger partial charge in [0.2, 0.25) is 15.9 Å². The fourth-order valence-corrected chi connectivity index (χ4v) is 5.21. The summed E-state index contributed by atoms with van der Waals surface area (Å²) in [4.78, 5) is 23.3. The highest BCUT2D eigenvalue weighted by atomic mass is 35.5. The normalized spacial score (nSPS) is 20.9. The van der Waals surface area contributed by atoms with Crippen LogP contribution in [0.15, 0.2) is 23.1 Å². The van der Waals surface area contributed by atoms with Crippen LogP contribution in [0.5, 0.6) is 0 Å². The monoisotopic (exact) mass is 415 g/mol. The lowest BCUT2D eigenvalue weighted by molar-refractivity contribution is -0.118. The number of piperidine rings is 1. The summed E-state index contributed by atoms with van der Waals surface area (Å²) >= 11 is 6.10. The van der Waals surface area contributed by atoms with Crippen LogP contribution in [-0.4, -0.2) is 50.7 Å². The van der Waals surface area contributed by atoms with Gasteiger partial charge in [0.15, 0.2) is 0 Å². The van der Waals surface area contributed by atoms with Gasteiger partial charge in [-0.05, 0) is 36.5 Å². The Bertz CT molecular complexity index is 803. The first-order valence-electron chi connectivity index (χ1n) is 8.93. The molecule has 27 heavy (non-hydrogen) atoms. The van der Waals surface area contributed by atoms with Crippen LogP contribution in [0.25, 0.3) is 0 Å². The predicted octanol–water partition coefficient (Wildman–Crippen LogP) is 1.87. The average Bonchev–Trinajstić information content (AvgIpc) is 2.57. The van der Waals surface area contributed by atoms with Crippen molar-refractivity contribution in [2.45, 2.75) is 32.1 Å². The van der Waals surface area contributed by atoms with E-state index < -0.39 is 15.9 Å². The Morgan fingerprint density at radius 3 is 2.33 bits per heavy atom. The van der Waals surface area contributed by atoms with Crippen LogP contribution in [0, 0.1) is 11.8 Å². The van der Waals surface area contributed by atoms with Crippen molar-refractivity contribution < 1.29 is 18.0 Å². The van der Waals surface area contributed by atoms with E-state index in [-0.39, 0.29) is 46.3 Å². The first kappa shape index (κ1) is 21.7. The average molecular weight is 416 g/mol. The quantitative estimate of drug-likeness (QED) is 0.693. The molecule has 7 nitrogen and oxygen atoms in total. The maximum Gasteiger partial charge on any atom is 0.252 e. The van der Waals surface area contributed by atoms with Crippen molar-refractivity contribution in [1.29, 1.82) is 0 Å². The van der Waals surface area contributed by atoms with Gasteiger partial charge >= 0.3 is 0 Å². The Morgan fingerprint density at radius 2 is 1.74 bits per heavy atom. The number of halogens is 1. The summed E-state index contributed by atoms with van der Waals surface area (Å²) in [7, 11) is -3.70. The Labute approximate surface area is 165 Å². The first-order chi connectivity index (χ1) is 12.6. The molecule has 9 heteroatoms. The Hall–Kier alpha value is -1.64. The fraction of sp³-hybridized carbons (Fsp3) is 0.556. The smallest absolute Gasteiger partial charge is 0.252 e. The molecule has 1 saturated heterocycles. The summed E-state index contributed by atoms with van der Waals surface area (Å²) < 4.78 is 27.5. The lowest BCUT2D eigenvalue weighted by Crippen LogP contribution is -2.42. The highest BCUT2D eigenvalue weighted by Crippen LogP contribution is 2.28. The summed E-state index contributed by atoms with van der Waals surface area (Å²) in [6, 6.07) is 4.17. The van der Waals surface area contributed by atoms with E-state index in [1.165, 1.54) is 29.4 Å². The third-order valence-corrected chi connectivity index (χ3v) is 6.60. The number of carbonyl (C=O) groups is 2. The van der Waals surface area contributed by atoms with E-state index in [0.29, 0.717) is 13.1 Å². The van der Waals surface area contributed by atoms with E-state index in [9.17, 15) is 18.0 Å². The second-order valence-electron chi connectivity index (χ2n) is 7.15. The number of hydrogen-bond acceptors (Lipinski definition) is 4. The van der Waals surface area contributed by atoms with Gasteiger partial charge in [-0.1, -0.05) is 25.4 Å². The van der Waals surface area contributed by atoms with Gasteiger partial charge in [-0.15, -0.1) is 0 Å². The fourth-order valence-electron chi connectivity index (χ4n) is 3.30. The van der Waals surface area contributed by atoms with Crippen LogP contribution in [0.2, 0.25) is 5.02 Å². The van der Waals surface area contributed by atoms with Crippen molar-refractivity contribution >= 4 is 33.4 Å². The molecular weight excluding hydrogens is 390 g/mol. The zero-order valence-electron chi connectivity index (χ0n) is 15.8. The van der Waals surface area contributed by atoms with Gasteiger partial charge in [-0.25, -0.2) is 8.42 Å². The highest BCUT2D eigenvalue weighted by molar-refractivity contribution is 7.89. The molecule has 2 amide bonds. The molecule has 1 aliphatic heterocycles. The third kappa shape index (κ3) is 5.67. The van der Waals surface area contributed by atoms with E-state index in [1.807, 2.05) is 13.8 Å².